The van der Waals surface area contributed by atoms with Crippen molar-refractivity contribution in [2.24, 2.45) is 62.1 Å². The molecule has 7 unspecified atom stereocenters. The molecule has 7 atom stereocenters. The third-order valence-corrected chi connectivity index (χ3v) is 19.2. The Morgan fingerprint density at radius 3 is 1.94 bits per heavy atom. The average Bonchev–Trinajstić information content (AvgIpc) is 3.77. The van der Waals surface area contributed by atoms with Crippen molar-refractivity contribution < 1.29 is 24.0 Å². The fraction of sp³-hybridized carbons (Fsp3) is 0.716. The zero-order valence-electron chi connectivity index (χ0n) is 50.2. The van der Waals surface area contributed by atoms with E-state index in [-0.39, 0.29) is 33.2 Å². The van der Waals surface area contributed by atoms with Crippen LogP contribution in [0.15, 0.2) is 81.0 Å². The first kappa shape index (κ1) is 62.8. The van der Waals surface area contributed by atoms with Crippen molar-refractivity contribution in [1.29, 1.82) is 0 Å². The van der Waals surface area contributed by atoms with Gasteiger partial charge in [-0.05, 0) is 213 Å². The van der Waals surface area contributed by atoms with Gasteiger partial charge in [0.1, 0.15) is 5.78 Å². The summed E-state index contributed by atoms with van der Waals surface area (Å²) in [5.41, 5.74) is 10.3. The largest absolute Gasteiger partial charge is 0.298 e. The van der Waals surface area contributed by atoms with Crippen molar-refractivity contribution in [2.45, 2.75) is 248 Å². The van der Waals surface area contributed by atoms with Crippen LogP contribution in [0.1, 0.15) is 248 Å². The molecule has 0 aromatic carbocycles. The van der Waals surface area contributed by atoms with Crippen LogP contribution in [-0.2, 0) is 24.0 Å². The second-order valence-electron chi connectivity index (χ2n) is 27.0. The molecule has 1 spiro atoms. The van der Waals surface area contributed by atoms with Gasteiger partial charge in [0, 0.05) is 28.7 Å². The molecule has 5 nitrogen and oxygen atoms in total. The monoisotopic (exact) mass is 991 g/mol. The summed E-state index contributed by atoms with van der Waals surface area (Å²) in [6, 6.07) is 0. The van der Waals surface area contributed by atoms with Crippen LogP contribution < -0.4 is 0 Å². The Labute approximate surface area is 442 Å². The van der Waals surface area contributed by atoms with Gasteiger partial charge in [-0.3, -0.25) is 24.0 Å². The van der Waals surface area contributed by atoms with E-state index >= 15 is 0 Å². The number of allylic oxidation sites excluding steroid dienone is 14. The maximum absolute atomic E-state index is 12.1. The standard InChI is InChI=1S/C17H26O.C14H22O.C13H18O.C13H24O.C10H16O/c1-10-6-7-15-16(4,5)14-9-17(10,15)8-13(11(14)2)12(3)18;1-10-7-6-8-14(4,5)13(10)9-11(2)12(3)15;1-5-7-11(14)12-10(2)8-6-9-13(12,3)4;1-5-6-7-8-13(4)10-9-12(2,3)11(13)14;1-7(2)9-5-4-8(3)6-10(9)11/h10,14-15H,6-9H2,1-5H3;7,9,13H,6,8H2,1-5H3;5-8H,9H2,1-4H3;5-10H2,1-4H3;8H,4-6H2,1-3H3/b;11-9+;7-5+;;. The number of carbonyl (C=O) groups is 5. The van der Waals surface area contributed by atoms with E-state index in [4.69, 9.17) is 0 Å². The molecule has 0 aliphatic heterocycles. The Hall–Kier alpha value is -3.47. The smallest absolute Gasteiger partial charge is 0.182 e. The second kappa shape index (κ2) is 25.4. The molecule has 0 aromatic rings. The number of Topliss-reactive ketones (excluding diaryl/α,β-unsaturated/α-hetero) is 4. The molecule has 7 aliphatic carbocycles. The molecule has 0 radical (unpaired) electrons. The molecule has 2 bridgehead atoms. The highest BCUT2D eigenvalue weighted by Gasteiger charge is 2.64. The average molecular weight is 992 g/mol. The van der Waals surface area contributed by atoms with Crippen LogP contribution in [-0.4, -0.2) is 28.9 Å². The Kier molecular flexibility index (Phi) is 22.1. The van der Waals surface area contributed by atoms with Crippen molar-refractivity contribution in [2.75, 3.05) is 0 Å². The summed E-state index contributed by atoms with van der Waals surface area (Å²) >= 11 is 0. The third-order valence-electron chi connectivity index (χ3n) is 19.2. The first-order valence-corrected chi connectivity index (χ1v) is 28.5. The molecular weight excluding hydrogens is 885 g/mol. The van der Waals surface area contributed by atoms with Gasteiger partial charge in [-0.15, -0.1) is 0 Å². The van der Waals surface area contributed by atoms with E-state index in [1.54, 1.807) is 26.0 Å². The summed E-state index contributed by atoms with van der Waals surface area (Å²) < 4.78 is 0. The lowest BCUT2D eigenvalue weighted by Gasteiger charge is -2.38. The van der Waals surface area contributed by atoms with Crippen LogP contribution in [0.4, 0.5) is 0 Å². The van der Waals surface area contributed by atoms with E-state index in [0.29, 0.717) is 45.9 Å². The zero-order chi connectivity index (χ0) is 54.9. The van der Waals surface area contributed by atoms with Crippen molar-refractivity contribution in [3.8, 4) is 0 Å². The van der Waals surface area contributed by atoms with Crippen LogP contribution in [0.3, 0.4) is 0 Å². The van der Waals surface area contributed by atoms with Gasteiger partial charge >= 0.3 is 0 Å². The molecule has 0 amide bonds. The molecule has 404 valence electrons. The number of carbonyl (C=O) groups excluding carboxylic acids is 5. The number of fused-ring (bicyclic) bond motifs is 1. The Morgan fingerprint density at radius 1 is 0.806 bits per heavy atom. The molecule has 7 rings (SSSR count). The highest BCUT2D eigenvalue weighted by Crippen LogP contribution is 2.72. The van der Waals surface area contributed by atoms with Gasteiger partial charge in [0.15, 0.2) is 23.1 Å². The summed E-state index contributed by atoms with van der Waals surface area (Å²) in [5, 5.41) is 0. The summed E-state index contributed by atoms with van der Waals surface area (Å²) in [7, 11) is 0. The highest BCUT2D eigenvalue weighted by atomic mass is 16.1. The van der Waals surface area contributed by atoms with E-state index in [9.17, 15) is 24.0 Å². The van der Waals surface area contributed by atoms with Crippen molar-refractivity contribution in [3.05, 3.63) is 81.0 Å². The SMILES string of the molecule is C/C=C/C(=O)C1=C(C)C=CCC1(C)C.CC(=O)/C(C)=C/C1C(C)=CCCC1(C)C.CC(=O)C1=C(C)C2CC3(C1)C(C)CCC3C2(C)C.CC(C)=C1CCC(C)CC1=O.CCCCCC1(C)CCC(C)(C)C1=O. The van der Waals surface area contributed by atoms with E-state index in [1.165, 1.54) is 80.1 Å². The van der Waals surface area contributed by atoms with Gasteiger partial charge in [-0.25, -0.2) is 0 Å². The van der Waals surface area contributed by atoms with E-state index < -0.39 is 0 Å². The Balaban J connectivity index is 0.000000240. The molecule has 0 N–H and O–H groups in total. The minimum absolute atomic E-state index is 0.00132. The lowest BCUT2D eigenvalue weighted by atomic mass is 9.65. The first-order valence-electron chi connectivity index (χ1n) is 28.5. The molecule has 72 heavy (non-hydrogen) atoms. The van der Waals surface area contributed by atoms with Crippen LogP contribution >= 0.6 is 0 Å². The van der Waals surface area contributed by atoms with Crippen LogP contribution in [0, 0.1) is 62.1 Å². The van der Waals surface area contributed by atoms with E-state index in [2.05, 4.69) is 115 Å². The summed E-state index contributed by atoms with van der Waals surface area (Å²) in [6.07, 6.45) is 30.5. The summed E-state index contributed by atoms with van der Waals surface area (Å²) in [5.74, 6) is 4.85. The normalized spacial score (nSPS) is 30.7. The number of rotatable bonds is 9. The summed E-state index contributed by atoms with van der Waals surface area (Å²) in [4.78, 5) is 58.6. The molecule has 5 heteroatoms. The molecule has 4 fully saturated rings. The third kappa shape index (κ3) is 14.9. The highest BCUT2D eigenvalue weighted by molar-refractivity contribution is 6.06. The molecule has 7 aliphatic rings. The predicted octanol–water partition coefficient (Wildman–Crippen LogP) is 18.4. The first-order chi connectivity index (χ1) is 33.2. The lowest BCUT2D eigenvalue weighted by Crippen LogP contribution is -2.32. The van der Waals surface area contributed by atoms with Gasteiger partial charge in [-0.1, -0.05) is 149 Å². The maximum Gasteiger partial charge on any atom is 0.182 e. The quantitative estimate of drug-likeness (QED) is 0.131. The van der Waals surface area contributed by atoms with Gasteiger partial charge in [0.2, 0.25) is 0 Å². The lowest BCUT2D eigenvalue weighted by molar-refractivity contribution is -0.132. The fourth-order valence-electron chi connectivity index (χ4n) is 14.4. The van der Waals surface area contributed by atoms with Crippen molar-refractivity contribution in [1.82, 2.24) is 0 Å². The zero-order valence-corrected chi connectivity index (χ0v) is 50.2. The number of ketones is 5. The van der Waals surface area contributed by atoms with Gasteiger partial charge in [0.05, 0.1) is 0 Å². The number of hydrogen-bond acceptors (Lipinski definition) is 5. The van der Waals surface area contributed by atoms with Crippen LogP contribution in [0.2, 0.25) is 0 Å². The van der Waals surface area contributed by atoms with Crippen LogP contribution in [0.25, 0.3) is 0 Å². The van der Waals surface area contributed by atoms with Crippen molar-refractivity contribution >= 4 is 28.9 Å². The van der Waals surface area contributed by atoms with Gasteiger partial charge in [-0.2, -0.15) is 0 Å². The second-order valence-corrected chi connectivity index (χ2v) is 27.0. The number of hydrogen-bond donors (Lipinski definition) is 0. The van der Waals surface area contributed by atoms with Gasteiger partial charge in [0.25, 0.3) is 0 Å². The molecular formula is C67H106O5. The topological polar surface area (TPSA) is 85.3 Å². The molecule has 4 saturated carbocycles. The Bertz CT molecular complexity index is 2220. The van der Waals surface area contributed by atoms with E-state index in [1.807, 2.05) is 40.7 Å². The molecule has 0 saturated heterocycles. The predicted molar refractivity (Wildman–Crippen MR) is 306 cm³/mol. The summed E-state index contributed by atoms with van der Waals surface area (Å²) in [6.45, 7) is 44.5. The fourth-order valence-corrected chi connectivity index (χ4v) is 14.4. The molecule has 0 aromatic heterocycles. The van der Waals surface area contributed by atoms with E-state index in [0.717, 1.165) is 79.1 Å². The van der Waals surface area contributed by atoms with Crippen LogP contribution in [0.5, 0.6) is 0 Å². The minimum atomic E-state index is -0.0546. The maximum atomic E-state index is 12.1. The van der Waals surface area contributed by atoms with Gasteiger partial charge < -0.3 is 0 Å². The van der Waals surface area contributed by atoms with Crippen molar-refractivity contribution in [3.63, 3.8) is 0 Å². The minimum Gasteiger partial charge on any atom is -0.298 e. The number of unbranched alkanes of at least 4 members (excludes halogenated alkanes) is 2. The Morgan fingerprint density at radius 2 is 1.44 bits per heavy atom. The molecule has 0 heterocycles.